The normalized spacial score (nSPS) is 11.6. The fourth-order valence-corrected chi connectivity index (χ4v) is 2.36. The van der Waals surface area contributed by atoms with Gasteiger partial charge in [0.1, 0.15) is 0 Å². The zero-order valence-corrected chi connectivity index (χ0v) is 10.5. The number of hydrogen-bond acceptors (Lipinski definition) is 5. The number of rotatable bonds is 3. The van der Waals surface area contributed by atoms with Gasteiger partial charge in [-0.15, -0.1) is 5.10 Å². The molecule has 0 radical (unpaired) electrons. The summed E-state index contributed by atoms with van der Waals surface area (Å²) in [5.41, 5.74) is 1.14. The zero-order chi connectivity index (χ0) is 12.5. The Kier molecular flexibility index (Phi) is 3.12. The van der Waals surface area contributed by atoms with Crippen molar-refractivity contribution in [3.8, 4) is 5.82 Å². The van der Waals surface area contributed by atoms with Crippen molar-refractivity contribution in [1.82, 2.24) is 20.0 Å². The van der Waals surface area contributed by atoms with Gasteiger partial charge in [-0.05, 0) is 19.1 Å². The number of nitrogens with zero attached hydrogens (tertiary/aromatic N) is 4. The molecule has 0 aliphatic rings. The quantitative estimate of drug-likeness (QED) is 0.780. The topological polar surface area (TPSA) is 77.7 Å². The lowest BCUT2D eigenvalue weighted by atomic mass is 10.3. The van der Waals surface area contributed by atoms with Crippen molar-refractivity contribution in [2.45, 2.75) is 12.7 Å². The maximum absolute atomic E-state index is 11.0. The summed E-state index contributed by atoms with van der Waals surface area (Å²) in [7, 11) is 1.62. The molecule has 0 N–H and O–H groups in total. The molecule has 8 heteroatoms. The highest BCUT2D eigenvalue weighted by Crippen LogP contribution is 2.14. The maximum atomic E-state index is 11.0. The molecule has 0 saturated heterocycles. The molecular formula is C9H9ClN4O2S. The summed E-state index contributed by atoms with van der Waals surface area (Å²) in [5.74, 6) is 0.273. The second-order valence-corrected chi connectivity index (χ2v) is 6.23. The molecule has 2 heterocycles. The van der Waals surface area contributed by atoms with Gasteiger partial charge in [-0.2, -0.15) is 10.2 Å². The first-order valence-corrected chi connectivity index (χ1v) is 7.19. The highest BCUT2D eigenvalue weighted by atomic mass is 35.7. The molecule has 90 valence electrons. The summed E-state index contributed by atoms with van der Waals surface area (Å²) in [6.07, 6.45) is 3.13. The van der Waals surface area contributed by atoms with Crippen molar-refractivity contribution < 1.29 is 8.42 Å². The summed E-state index contributed by atoms with van der Waals surface area (Å²) in [6.45, 7) is 1.71. The van der Waals surface area contributed by atoms with Gasteiger partial charge >= 0.3 is 0 Å². The fraction of sp³-hybridized carbons (Fsp3) is 0.222. The monoisotopic (exact) mass is 272 g/mol. The Morgan fingerprint density at radius 1 is 1.47 bits per heavy atom. The predicted octanol–water partition coefficient (Wildman–Crippen LogP) is 1.04. The summed E-state index contributed by atoms with van der Waals surface area (Å²) in [5, 5.41) is 11.7. The number of aromatic nitrogens is 4. The zero-order valence-electron chi connectivity index (χ0n) is 8.91. The van der Waals surface area contributed by atoms with E-state index in [0.717, 1.165) is 0 Å². The number of hydrogen-bond donors (Lipinski definition) is 0. The van der Waals surface area contributed by atoms with Crippen LogP contribution in [0.25, 0.3) is 5.82 Å². The Bertz CT molecular complexity index is 624. The third-order valence-corrected chi connectivity index (χ3v) is 3.10. The molecule has 2 aromatic rings. The minimum atomic E-state index is -3.59. The third-order valence-electron chi connectivity index (χ3n) is 2.12. The highest BCUT2D eigenvalue weighted by Gasteiger charge is 2.13. The van der Waals surface area contributed by atoms with Crippen molar-refractivity contribution in [2.24, 2.45) is 0 Å². The van der Waals surface area contributed by atoms with Crippen LogP contribution >= 0.6 is 10.7 Å². The van der Waals surface area contributed by atoms with E-state index >= 15 is 0 Å². The average molecular weight is 273 g/mol. The SMILES string of the molecule is Cc1nn(-c2cccnn2)cc1CS(=O)(=O)Cl. The molecule has 0 unspecified atom stereocenters. The van der Waals surface area contributed by atoms with Gasteiger partial charge in [0.25, 0.3) is 0 Å². The van der Waals surface area contributed by atoms with E-state index in [-0.39, 0.29) is 5.75 Å². The van der Waals surface area contributed by atoms with E-state index in [4.69, 9.17) is 10.7 Å². The molecule has 0 bridgehead atoms. The van der Waals surface area contributed by atoms with Crippen LogP contribution in [0.1, 0.15) is 11.3 Å². The van der Waals surface area contributed by atoms with Gasteiger partial charge in [-0.3, -0.25) is 0 Å². The van der Waals surface area contributed by atoms with E-state index in [0.29, 0.717) is 17.1 Å². The first kappa shape index (κ1) is 12.0. The smallest absolute Gasteiger partial charge is 0.220 e. The second-order valence-electron chi connectivity index (χ2n) is 3.45. The van der Waals surface area contributed by atoms with Crippen molar-refractivity contribution in [2.75, 3.05) is 0 Å². The minimum absolute atomic E-state index is 0.249. The van der Waals surface area contributed by atoms with Gasteiger partial charge in [0.15, 0.2) is 5.82 Å². The summed E-state index contributed by atoms with van der Waals surface area (Å²) < 4.78 is 23.5. The summed E-state index contributed by atoms with van der Waals surface area (Å²) in [6, 6.07) is 3.44. The van der Waals surface area contributed by atoms with Gasteiger partial charge in [0, 0.05) is 28.6 Å². The first-order valence-electron chi connectivity index (χ1n) is 4.71. The fourth-order valence-electron chi connectivity index (χ4n) is 1.36. The van der Waals surface area contributed by atoms with E-state index in [1.54, 1.807) is 31.5 Å². The van der Waals surface area contributed by atoms with Gasteiger partial charge in [-0.25, -0.2) is 13.1 Å². The van der Waals surface area contributed by atoms with Crippen LogP contribution in [0.2, 0.25) is 0 Å². The van der Waals surface area contributed by atoms with Crippen LogP contribution in [0, 0.1) is 6.92 Å². The molecular weight excluding hydrogens is 264 g/mol. The van der Waals surface area contributed by atoms with Crippen molar-refractivity contribution in [3.05, 3.63) is 35.8 Å². The molecule has 0 saturated carbocycles. The second kappa shape index (κ2) is 4.42. The van der Waals surface area contributed by atoms with E-state index in [9.17, 15) is 8.42 Å². The number of aryl methyl sites for hydroxylation is 1. The van der Waals surface area contributed by atoms with E-state index in [1.807, 2.05) is 0 Å². The average Bonchev–Trinajstić information content (AvgIpc) is 2.59. The van der Waals surface area contributed by atoms with Gasteiger partial charge < -0.3 is 0 Å². The molecule has 0 aromatic carbocycles. The Hall–Kier alpha value is -1.47. The standard InChI is InChI=1S/C9H9ClN4O2S/c1-7-8(6-17(10,15)16)5-14(13-7)9-3-2-4-11-12-9/h2-5H,6H2,1H3. The van der Waals surface area contributed by atoms with E-state index in [2.05, 4.69) is 15.3 Å². The maximum Gasteiger partial charge on any atom is 0.236 e. The van der Waals surface area contributed by atoms with Crippen LogP contribution in [0.3, 0.4) is 0 Å². The molecule has 6 nitrogen and oxygen atoms in total. The lowest BCUT2D eigenvalue weighted by molar-refractivity contribution is 0.608. The number of halogens is 1. The van der Waals surface area contributed by atoms with Crippen LogP contribution in [0.5, 0.6) is 0 Å². The molecule has 0 aliphatic heterocycles. The molecule has 0 aliphatic carbocycles. The van der Waals surface area contributed by atoms with Crippen LogP contribution in [-0.4, -0.2) is 28.4 Å². The van der Waals surface area contributed by atoms with Crippen LogP contribution in [-0.2, 0) is 14.8 Å². The minimum Gasteiger partial charge on any atom is -0.220 e. The molecule has 0 atom stereocenters. The Morgan fingerprint density at radius 3 is 2.82 bits per heavy atom. The van der Waals surface area contributed by atoms with Gasteiger partial charge in [0.05, 0.1) is 11.4 Å². The first-order chi connectivity index (χ1) is 7.96. The molecule has 0 spiro atoms. The lowest BCUT2D eigenvalue weighted by Gasteiger charge is -1.96. The highest BCUT2D eigenvalue weighted by molar-refractivity contribution is 8.13. The summed E-state index contributed by atoms with van der Waals surface area (Å²) in [4.78, 5) is 0. The summed E-state index contributed by atoms with van der Waals surface area (Å²) >= 11 is 0. The molecule has 2 rings (SSSR count). The molecule has 17 heavy (non-hydrogen) atoms. The molecule has 0 amide bonds. The van der Waals surface area contributed by atoms with Crippen LogP contribution in [0.15, 0.2) is 24.5 Å². The molecule has 2 aromatic heterocycles. The van der Waals surface area contributed by atoms with Crippen molar-refractivity contribution in [1.29, 1.82) is 0 Å². The van der Waals surface area contributed by atoms with E-state index in [1.165, 1.54) is 4.68 Å². The van der Waals surface area contributed by atoms with Crippen molar-refractivity contribution in [3.63, 3.8) is 0 Å². The van der Waals surface area contributed by atoms with E-state index < -0.39 is 9.05 Å². The molecule has 0 fully saturated rings. The van der Waals surface area contributed by atoms with Crippen LogP contribution in [0.4, 0.5) is 0 Å². The van der Waals surface area contributed by atoms with Crippen LogP contribution < -0.4 is 0 Å². The van der Waals surface area contributed by atoms with Gasteiger partial charge in [-0.1, -0.05) is 0 Å². The Morgan fingerprint density at radius 2 is 2.24 bits per heavy atom. The third kappa shape index (κ3) is 3.01. The van der Waals surface area contributed by atoms with Crippen molar-refractivity contribution >= 4 is 19.7 Å². The largest absolute Gasteiger partial charge is 0.236 e. The lowest BCUT2D eigenvalue weighted by Crippen LogP contribution is -1.98. The Labute approximate surface area is 103 Å². The predicted molar refractivity (Wildman–Crippen MR) is 62.4 cm³/mol. The van der Waals surface area contributed by atoms with Gasteiger partial charge in [0.2, 0.25) is 9.05 Å². The Balaban J connectivity index is 2.38.